The van der Waals surface area contributed by atoms with Crippen molar-refractivity contribution < 1.29 is 0 Å². The molecule has 3 heteroatoms. The zero-order valence-electron chi connectivity index (χ0n) is 25.1. The first-order valence-corrected chi connectivity index (χ1v) is 15.6. The lowest BCUT2D eigenvalue weighted by molar-refractivity contribution is 1.18. The monoisotopic (exact) mass is 587 g/mol. The highest BCUT2D eigenvalue weighted by atomic mass is 15.0. The van der Waals surface area contributed by atoms with Gasteiger partial charge in [0.1, 0.15) is 5.65 Å². The van der Waals surface area contributed by atoms with Crippen molar-refractivity contribution in [2.24, 2.45) is 0 Å². The lowest BCUT2D eigenvalue weighted by Crippen LogP contribution is -1.94. The number of hydrogen-bond donors (Lipinski definition) is 0. The molecule has 46 heavy (non-hydrogen) atoms. The molecule has 3 nitrogen and oxygen atoms in total. The first-order chi connectivity index (χ1) is 22.8. The number of rotatable bonds is 5. The highest BCUT2D eigenvalue weighted by molar-refractivity contribution is 6.09. The van der Waals surface area contributed by atoms with Crippen molar-refractivity contribution in [1.82, 2.24) is 14.0 Å². The van der Waals surface area contributed by atoms with Crippen LogP contribution >= 0.6 is 0 Å². The molecule has 0 aliphatic carbocycles. The van der Waals surface area contributed by atoms with Gasteiger partial charge in [0.25, 0.3) is 0 Å². The summed E-state index contributed by atoms with van der Waals surface area (Å²) < 4.78 is 4.55. The Bertz CT molecular complexity index is 2460. The molecule has 3 heterocycles. The third-order valence-electron chi connectivity index (χ3n) is 8.95. The molecule has 0 bridgehead atoms. The van der Waals surface area contributed by atoms with Crippen LogP contribution in [0.3, 0.4) is 0 Å². The zero-order valence-corrected chi connectivity index (χ0v) is 25.1. The maximum Gasteiger partial charge on any atom is 0.137 e. The van der Waals surface area contributed by atoms with Crippen LogP contribution in [0, 0.1) is 0 Å². The molecule has 0 aliphatic rings. The van der Waals surface area contributed by atoms with E-state index in [1.54, 1.807) is 0 Å². The normalized spacial score (nSPS) is 11.5. The van der Waals surface area contributed by atoms with Crippen LogP contribution in [0.4, 0.5) is 0 Å². The standard InChI is InChI=1S/C43H29N3/c1-2-12-32(13-3-1)43-42(44-41-22-8-9-27-45(41)43)31-25-23-30(24-26-31)33-14-10-15-34(28-33)35-16-11-17-36(29-35)46-39-20-6-4-18-37(39)38-19-5-7-21-40(38)46/h1-29H. The van der Waals surface area contributed by atoms with E-state index < -0.39 is 0 Å². The Labute approximate surface area is 267 Å². The number of hydrogen-bond acceptors (Lipinski definition) is 1. The second-order valence-corrected chi connectivity index (χ2v) is 11.7. The van der Waals surface area contributed by atoms with E-state index in [-0.39, 0.29) is 0 Å². The smallest absolute Gasteiger partial charge is 0.137 e. The highest BCUT2D eigenvalue weighted by Gasteiger charge is 2.16. The number of nitrogens with zero attached hydrogens (tertiary/aromatic N) is 3. The topological polar surface area (TPSA) is 22.2 Å². The minimum absolute atomic E-state index is 0.941. The van der Waals surface area contributed by atoms with Gasteiger partial charge in [0, 0.05) is 33.8 Å². The van der Waals surface area contributed by atoms with Gasteiger partial charge in [-0.15, -0.1) is 0 Å². The fraction of sp³-hybridized carbons (Fsp3) is 0. The second-order valence-electron chi connectivity index (χ2n) is 11.7. The van der Waals surface area contributed by atoms with Crippen LogP contribution in [0.2, 0.25) is 0 Å². The molecule has 0 saturated heterocycles. The number of imidazole rings is 1. The predicted molar refractivity (Wildman–Crippen MR) is 191 cm³/mol. The maximum absolute atomic E-state index is 5.04. The minimum atomic E-state index is 0.941. The average molecular weight is 588 g/mol. The minimum Gasteiger partial charge on any atom is -0.309 e. The summed E-state index contributed by atoms with van der Waals surface area (Å²) in [6.07, 6.45) is 2.09. The summed E-state index contributed by atoms with van der Waals surface area (Å²) in [6, 6.07) is 60.5. The van der Waals surface area contributed by atoms with Gasteiger partial charge in [-0.05, 0) is 64.7 Å². The molecule has 216 valence electrons. The maximum atomic E-state index is 5.04. The third kappa shape index (κ3) is 4.33. The molecule has 9 aromatic rings. The van der Waals surface area contributed by atoms with Gasteiger partial charge >= 0.3 is 0 Å². The number of aromatic nitrogens is 3. The van der Waals surface area contributed by atoms with E-state index in [0.29, 0.717) is 0 Å². The molecule has 3 aromatic heterocycles. The summed E-state index contributed by atoms with van der Waals surface area (Å²) in [5, 5.41) is 2.54. The fourth-order valence-electron chi connectivity index (χ4n) is 6.79. The second kappa shape index (κ2) is 10.8. The van der Waals surface area contributed by atoms with Crippen LogP contribution in [0.5, 0.6) is 0 Å². The van der Waals surface area contributed by atoms with Gasteiger partial charge in [0.05, 0.1) is 22.4 Å². The van der Waals surface area contributed by atoms with E-state index in [4.69, 9.17) is 4.98 Å². The molecular formula is C43H29N3. The van der Waals surface area contributed by atoms with Crippen molar-refractivity contribution >= 4 is 27.5 Å². The third-order valence-corrected chi connectivity index (χ3v) is 8.95. The lowest BCUT2D eigenvalue weighted by atomic mass is 9.97. The molecule has 9 rings (SSSR count). The van der Waals surface area contributed by atoms with Gasteiger partial charge < -0.3 is 4.57 Å². The SMILES string of the molecule is c1ccc(-c2c(-c3ccc(-c4cccc(-c5cccc(-n6c7ccccc7c7ccccc76)c5)c4)cc3)nc3ccccn23)cc1. The first kappa shape index (κ1) is 26.2. The van der Waals surface area contributed by atoms with Crippen LogP contribution in [-0.4, -0.2) is 14.0 Å². The summed E-state index contributed by atoms with van der Waals surface area (Å²) in [4.78, 5) is 5.04. The predicted octanol–water partition coefficient (Wildman–Crippen LogP) is 11.1. The molecule has 0 saturated carbocycles. The number of para-hydroxylation sites is 2. The number of pyridine rings is 1. The number of benzene rings is 6. The van der Waals surface area contributed by atoms with Gasteiger partial charge in [-0.3, -0.25) is 4.40 Å². The highest BCUT2D eigenvalue weighted by Crippen LogP contribution is 2.36. The van der Waals surface area contributed by atoms with Gasteiger partial charge in [-0.2, -0.15) is 0 Å². The summed E-state index contributed by atoms with van der Waals surface area (Å²) >= 11 is 0. The van der Waals surface area contributed by atoms with Crippen molar-refractivity contribution in [3.8, 4) is 50.5 Å². The molecule has 6 aromatic carbocycles. The van der Waals surface area contributed by atoms with Gasteiger partial charge in [-0.25, -0.2) is 4.98 Å². The van der Waals surface area contributed by atoms with E-state index in [1.807, 2.05) is 6.07 Å². The summed E-state index contributed by atoms with van der Waals surface area (Å²) in [5.74, 6) is 0. The Balaban J connectivity index is 1.09. The van der Waals surface area contributed by atoms with Gasteiger partial charge in [-0.1, -0.05) is 127 Å². The van der Waals surface area contributed by atoms with Crippen LogP contribution in [-0.2, 0) is 0 Å². The molecule has 0 spiro atoms. The van der Waals surface area contributed by atoms with Crippen LogP contribution in [0.15, 0.2) is 176 Å². The van der Waals surface area contributed by atoms with Crippen molar-refractivity contribution in [3.05, 3.63) is 176 Å². The summed E-state index contributed by atoms with van der Waals surface area (Å²) in [6.45, 7) is 0. The molecule has 0 amide bonds. The van der Waals surface area contributed by atoms with Crippen molar-refractivity contribution in [2.75, 3.05) is 0 Å². The molecule has 0 aliphatic heterocycles. The van der Waals surface area contributed by atoms with E-state index >= 15 is 0 Å². The Morgan fingerprint density at radius 3 is 1.70 bits per heavy atom. The zero-order chi connectivity index (χ0) is 30.5. The molecule has 0 N–H and O–H groups in total. The van der Waals surface area contributed by atoms with E-state index in [0.717, 1.165) is 33.8 Å². The van der Waals surface area contributed by atoms with E-state index in [9.17, 15) is 0 Å². The molecule has 0 radical (unpaired) electrons. The Hall–Kier alpha value is -6.19. The van der Waals surface area contributed by atoms with Crippen molar-refractivity contribution in [3.63, 3.8) is 0 Å². The van der Waals surface area contributed by atoms with Crippen LogP contribution in [0.1, 0.15) is 0 Å². The quantitative estimate of drug-likeness (QED) is 0.196. The molecular weight excluding hydrogens is 558 g/mol. The van der Waals surface area contributed by atoms with Crippen LogP contribution in [0.25, 0.3) is 77.9 Å². The molecule has 0 fully saturated rings. The van der Waals surface area contributed by atoms with Gasteiger partial charge in [0.2, 0.25) is 0 Å². The van der Waals surface area contributed by atoms with E-state index in [1.165, 1.54) is 44.1 Å². The fourth-order valence-corrected chi connectivity index (χ4v) is 6.79. The molecule has 0 atom stereocenters. The summed E-state index contributed by atoms with van der Waals surface area (Å²) in [7, 11) is 0. The largest absolute Gasteiger partial charge is 0.309 e. The summed E-state index contributed by atoms with van der Waals surface area (Å²) in [5.41, 5.74) is 13.6. The van der Waals surface area contributed by atoms with Crippen molar-refractivity contribution in [2.45, 2.75) is 0 Å². The average Bonchev–Trinajstić information content (AvgIpc) is 3.69. The molecule has 0 unspecified atom stereocenters. The van der Waals surface area contributed by atoms with E-state index in [2.05, 4.69) is 179 Å². The Morgan fingerprint density at radius 2 is 0.957 bits per heavy atom. The van der Waals surface area contributed by atoms with Crippen LogP contribution < -0.4 is 0 Å². The number of fused-ring (bicyclic) bond motifs is 4. The Kier molecular flexibility index (Phi) is 6.14. The lowest BCUT2D eigenvalue weighted by Gasteiger charge is -2.11. The van der Waals surface area contributed by atoms with Gasteiger partial charge in [0.15, 0.2) is 0 Å². The van der Waals surface area contributed by atoms with Crippen molar-refractivity contribution in [1.29, 1.82) is 0 Å². The first-order valence-electron chi connectivity index (χ1n) is 15.6. The Morgan fingerprint density at radius 1 is 0.391 bits per heavy atom.